The van der Waals surface area contributed by atoms with Gasteiger partial charge in [0.05, 0.1) is 0 Å². The summed E-state index contributed by atoms with van der Waals surface area (Å²) in [6.45, 7) is 2.46. The van der Waals surface area contributed by atoms with E-state index in [1.165, 1.54) is 12.1 Å². The summed E-state index contributed by atoms with van der Waals surface area (Å²) in [5, 5.41) is 0. The quantitative estimate of drug-likeness (QED) is 0.834. The Morgan fingerprint density at radius 2 is 2.05 bits per heavy atom. The fourth-order valence-electron chi connectivity index (χ4n) is 2.06. The number of hydrogen-bond acceptors (Lipinski definition) is 2. The molecular formula is C17H19BrFNO. The number of benzene rings is 2. The number of halogens is 2. The van der Waals surface area contributed by atoms with Gasteiger partial charge >= 0.3 is 0 Å². The van der Waals surface area contributed by atoms with Crippen LogP contribution in [0.3, 0.4) is 0 Å². The first kappa shape index (κ1) is 16.0. The van der Waals surface area contributed by atoms with Crippen molar-refractivity contribution >= 4 is 15.9 Å². The van der Waals surface area contributed by atoms with Crippen molar-refractivity contribution in [1.82, 2.24) is 0 Å². The summed E-state index contributed by atoms with van der Waals surface area (Å²) >= 11 is 3.43. The van der Waals surface area contributed by atoms with E-state index in [0.717, 1.165) is 22.0 Å². The third-order valence-corrected chi connectivity index (χ3v) is 3.81. The van der Waals surface area contributed by atoms with Crippen molar-refractivity contribution in [2.45, 2.75) is 32.4 Å². The molecule has 21 heavy (non-hydrogen) atoms. The number of nitrogens with two attached hydrogens (primary N) is 1. The lowest BCUT2D eigenvalue weighted by Gasteiger charge is -2.14. The minimum absolute atomic E-state index is 0.0139. The molecule has 1 atom stereocenters. The zero-order chi connectivity index (χ0) is 15.2. The standard InChI is InChI=1S/C17H19BrFNO/c1-2-16(20)10-13-9-15(19)6-7-17(13)21-11-12-4-3-5-14(18)8-12/h3-9,16H,2,10-11,20H2,1H3. The topological polar surface area (TPSA) is 35.2 Å². The molecule has 112 valence electrons. The van der Waals surface area contributed by atoms with Gasteiger partial charge in [-0.25, -0.2) is 4.39 Å². The Hall–Kier alpha value is -1.39. The van der Waals surface area contributed by atoms with Gasteiger partial charge in [0.2, 0.25) is 0 Å². The fourth-order valence-corrected chi connectivity index (χ4v) is 2.51. The Labute approximate surface area is 133 Å². The van der Waals surface area contributed by atoms with Crippen molar-refractivity contribution in [3.05, 3.63) is 63.9 Å². The molecular weight excluding hydrogens is 333 g/mol. The van der Waals surface area contributed by atoms with Gasteiger partial charge in [-0.1, -0.05) is 35.0 Å². The van der Waals surface area contributed by atoms with Crippen molar-refractivity contribution in [3.63, 3.8) is 0 Å². The summed E-state index contributed by atoms with van der Waals surface area (Å²) < 4.78 is 20.3. The molecule has 0 fully saturated rings. The molecule has 0 saturated carbocycles. The molecule has 2 rings (SSSR count). The largest absolute Gasteiger partial charge is 0.489 e. The maximum Gasteiger partial charge on any atom is 0.123 e. The average Bonchev–Trinajstić information content (AvgIpc) is 2.46. The lowest BCUT2D eigenvalue weighted by molar-refractivity contribution is 0.301. The van der Waals surface area contributed by atoms with Crippen LogP contribution < -0.4 is 10.5 Å². The van der Waals surface area contributed by atoms with Crippen LogP contribution in [0.25, 0.3) is 0 Å². The van der Waals surface area contributed by atoms with Crippen molar-refractivity contribution in [2.75, 3.05) is 0 Å². The van der Waals surface area contributed by atoms with Gasteiger partial charge in [0.25, 0.3) is 0 Å². The molecule has 0 bridgehead atoms. The minimum atomic E-state index is -0.261. The second kappa shape index (κ2) is 7.57. The van der Waals surface area contributed by atoms with E-state index >= 15 is 0 Å². The Morgan fingerprint density at radius 1 is 1.24 bits per heavy atom. The van der Waals surface area contributed by atoms with Crippen LogP contribution in [0.4, 0.5) is 4.39 Å². The maximum absolute atomic E-state index is 13.4. The van der Waals surface area contributed by atoms with Gasteiger partial charge in [-0.05, 0) is 54.3 Å². The first-order valence-corrected chi connectivity index (χ1v) is 7.79. The van der Waals surface area contributed by atoms with Gasteiger partial charge in [-0.3, -0.25) is 0 Å². The predicted molar refractivity (Wildman–Crippen MR) is 86.8 cm³/mol. The molecule has 0 heterocycles. The lowest BCUT2D eigenvalue weighted by Crippen LogP contribution is -2.21. The molecule has 0 aromatic heterocycles. The highest BCUT2D eigenvalue weighted by Crippen LogP contribution is 2.23. The maximum atomic E-state index is 13.4. The number of rotatable bonds is 6. The van der Waals surface area contributed by atoms with E-state index in [0.29, 0.717) is 18.8 Å². The zero-order valence-corrected chi connectivity index (χ0v) is 13.6. The highest BCUT2D eigenvalue weighted by Gasteiger charge is 2.10. The van der Waals surface area contributed by atoms with Crippen LogP contribution in [0, 0.1) is 5.82 Å². The molecule has 2 nitrogen and oxygen atoms in total. The van der Waals surface area contributed by atoms with Crippen LogP contribution >= 0.6 is 15.9 Å². The zero-order valence-electron chi connectivity index (χ0n) is 12.0. The minimum Gasteiger partial charge on any atom is -0.489 e. The molecule has 0 aliphatic carbocycles. The van der Waals surface area contributed by atoms with E-state index in [4.69, 9.17) is 10.5 Å². The second-order valence-corrected chi connectivity index (χ2v) is 5.96. The van der Waals surface area contributed by atoms with E-state index in [1.807, 2.05) is 31.2 Å². The van der Waals surface area contributed by atoms with E-state index in [9.17, 15) is 4.39 Å². The monoisotopic (exact) mass is 351 g/mol. The lowest BCUT2D eigenvalue weighted by atomic mass is 10.0. The van der Waals surface area contributed by atoms with Crippen LogP contribution in [-0.2, 0) is 13.0 Å². The van der Waals surface area contributed by atoms with Crippen molar-refractivity contribution in [1.29, 1.82) is 0 Å². The first-order chi connectivity index (χ1) is 10.1. The SMILES string of the molecule is CCC(N)Cc1cc(F)ccc1OCc1cccc(Br)c1. The normalized spacial score (nSPS) is 12.2. The summed E-state index contributed by atoms with van der Waals surface area (Å²) in [6.07, 6.45) is 1.46. The van der Waals surface area contributed by atoms with E-state index in [-0.39, 0.29) is 11.9 Å². The number of hydrogen-bond donors (Lipinski definition) is 1. The van der Waals surface area contributed by atoms with Crippen LogP contribution in [-0.4, -0.2) is 6.04 Å². The summed E-state index contributed by atoms with van der Waals surface area (Å²) in [6, 6.07) is 12.5. The fraction of sp³-hybridized carbons (Fsp3) is 0.294. The highest BCUT2D eigenvalue weighted by molar-refractivity contribution is 9.10. The summed E-state index contributed by atoms with van der Waals surface area (Å²) in [7, 11) is 0. The smallest absolute Gasteiger partial charge is 0.123 e. The highest BCUT2D eigenvalue weighted by atomic mass is 79.9. The first-order valence-electron chi connectivity index (χ1n) is 6.99. The van der Waals surface area contributed by atoms with Crippen LogP contribution in [0.5, 0.6) is 5.75 Å². The van der Waals surface area contributed by atoms with E-state index < -0.39 is 0 Å². The summed E-state index contributed by atoms with van der Waals surface area (Å²) in [5.41, 5.74) is 7.84. The van der Waals surface area contributed by atoms with Gasteiger partial charge in [-0.2, -0.15) is 0 Å². The van der Waals surface area contributed by atoms with E-state index in [2.05, 4.69) is 15.9 Å². The predicted octanol–water partition coefficient (Wildman–Crippen LogP) is 4.45. The van der Waals surface area contributed by atoms with Crippen LogP contribution in [0.1, 0.15) is 24.5 Å². The van der Waals surface area contributed by atoms with Crippen molar-refractivity contribution in [3.8, 4) is 5.75 Å². The van der Waals surface area contributed by atoms with Crippen LogP contribution in [0.2, 0.25) is 0 Å². The van der Waals surface area contributed by atoms with E-state index in [1.54, 1.807) is 6.07 Å². The average molecular weight is 352 g/mol. The molecule has 0 aliphatic heterocycles. The van der Waals surface area contributed by atoms with Crippen molar-refractivity contribution < 1.29 is 9.13 Å². The molecule has 0 amide bonds. The molecule has 0 radical (unpaired) electrons. The van der Waals surface area contributed by atoms with Gasteiger partial charge in [-0.15, -0.1) is 0 Å². The van der Waals surface area contributed by atoms with Gasteiger partial charge in [0.1, 0.15) is 18.2 Å². The molecule has 2 aromatic carbocycles. The molecule has 0 saturated heterocycles. The molecule has 0 aliphatic rings. The molecule has 0 spiro atoms. The molecule has 2 N–H and O–H groups in total. The summed E-state index contributed by atoms with van der Waals surface area (Å²) in [4.78, 5) is 0. The third-order valence-electron chi connectivity index (χ3n) is 3.31. The Morgan fingerprint density at radius 3 is 2.76 bits per heavy atom. The second-order valence-electron chi connectivity index (χ2n) is 5.04. The molecule has 2 aromatic rings. The Balaban J connectivity index is 2.11. The summed E-state index contributed by atoms with van der Waals surface area (Å²) in [5.74, 6) is 0.434. The van der Waals surface area contributed by atoms with Crippen molar-refractivity contribution in [2.24, 2.45) is 5.73 Å². The molecule has 4 heteroatoms. The Kier molecular flexibility index (Phi) is 5.76. The third kappa shape index (κ3) is 4.83. The number of ether oxygens (including phenoxy) is 1. The van der Waals surface area contributed by atoms with Crippen LogP contribution in [0.15, 0.2) is 46.9 Å². The molecule has 1 unspecified atom stereocenters. The Bertz CT molecular complexity index is 603. The van der Waals surface area contributed by atoms with Gasteiger partial charge < -0.3 is 10.5 Å². The van der Waals surface area contributed by atoms with Gasteiger partial charge in [0, 0.05) is 10.5 Å². The van der Waals surface area contributed by atoms with Gasteiger partial charge in [0.15, 0.2) is 0 Å².